The topological polar surface area (TPSA) is 79.3 Å². The number of rotatable bonds is 4. The van der Waals surface area contributed by atoms with Crippen molar-refractivity contribution in [1.29, 1.82) is 0 Å². The molecule has 0 spiro atoms. The van der Waals surface area contributed by atoms with Gasteiger partial charge in [-0.2, -0.15) is 0 Å². The lowest BCUT2D eigenvalue weighted by Crippen LogP contribution is -2.22. The molecule has 0 unspecified atom stereocenters. The largest absolute Gasteiger partial charge is 0.477 e. The van der Waals surface area contributed by atoms with Gasteiger partial charge in [-0.05, 0) is 12.1 Å². The number of hydrogen-bond donors (Lipinski definition) is 2. The van der Waals surface area contributed by atoms with Crippen LogP contribution in [0.25, 0.3) is 0 Å². The predicted octanol–water partition coefficient (Wildman–Crippen LogP) is 3.13. The molecule has 0 fully saturated rings. The number of amides is 1. The number of carbonyl (C=O) groups is 2. The number of nitrogens with one attached hydrogen (secondary N) is 1. The number of aromatic nitrogens is 1. The van der Waals surface area contributed by atoms with Gasteiger partial charge in [0.05, 0.1) is 22.1 Å². The molecule has 2 heterocycles. The van der Waals surface area contributed by atoms with Crippen molar-refractivity contribution in [2.24, 2.45) is 0 Å². The summed E-state index contributed by atoms with van der Waals surface area (Å²) in [5, 5.41) is 14.5. The summed E-state index contributed by atoms with van der Waals surface area (Å²) in [6.07, 6.45) is 0. The molecular formula is C14H16N2O3S2. The smallest absolute Gasteiger partial charge is 0.345 e. The third-order valence-electron chi connectivity index (χ3n) is 2.66. The number of carboxylic acids is 1. The molecule has 0 atom stereocenters. The molecule has 0 aliphatic carbocycles. The second-order valence-electron chi connectivity index (χ2n) is 5.55. The molecule has 0 bridgehead atoms. The number of thiazole rings is 1. The van der Waals surface area contributed by atoms with Crippen molar-refractivity contribution < 1.29 is 14.7 Å². The summed E-state index contributed by atoms with van der Waals surface area (Å²) in [4.78, 5) is 27.8. The summed E-state index contributed by atoms with van der Waals surface area (Å²) < 4.78 is 0. The summed E-state index contributed by atoms with van der Waals surface area (Å²) in [6, 6.07) is 2.95. The van der Waals surface area contributed by atoms with Crippen LogP contribution in [0.3, 0.4) is 0 Å². The molecular weight excluding hydrogens is 308 g/mol. The van der Waals surface area contributed by atoms with E-state index in [1.165, 1.54) is 12.1 Å². The zero-order valence-electron chi connectivity index (χ0n) is 12.0. The maximum absolute atomic E-state index is 11.9. The van der Waals surface area contributed by atoms with Crippen molar-refractivity contribution in [3.8, 4) is 0 Å². The van der Waals surface area contributed by atoms with Crippen molar-refractivity contribution in [2.75, 3.05) is 0 Å². The number of thiophene rings is 1. The average Bonchev–Trinajstić information content (AvgIpc) is 3.04. The fraction of sp³-hybridized carbons (Fsp3) is 0.357. The van der Waals surface area contributed by atoms with Crippen LogP contribution < -0.4 is 5.32 Å². The Morgan fingerprint density at radius 1 is 1.29 bits per heavy atom. The molecule has 0 radical (unpaired) electrons. The molecule has 0 saturated heterocycles. The molecule has 7 heteroatoms. The van der Waals surface area contributed by atoms with Gasteiger partial charge in [0, 0.05) is 10.8 Å². The van der Waals surface area contributed by atoms with Gasteiger partial charge in [-0.1, -0.05) is 20.8 Å². The van der Waals surface area contributed by atoms with E-state index < -0.39 is 5.97 Å². The first-order valence-electron chi connectivity index (χ1n) is 6.33. The molecule has 2 rings (SSSR count). The van der Waals surface area contributed by atoms with E-state index in [1.807, 2.05) is 5.38 Å². The summed E-state index contributed by atoms with van der Waals surface area (Å²) in [5.41, 5.74) is 0.810. The summed E-state index contributed by atoms with van der Waals surface area (Å²) in [5.74, 6) is -1.30. The molecule has 0 aliphatic rings. The summed E-state index contributed by atoms with van der Waals surface area (Å²) >= 11 is 2.54. The van der Waals surface area contributed by atoms with Gasteiger partial charge in [0.2, 0.25) is 0 Å². The molecule has 0 aliphatic heterocycles. The lowest BCUT2D eigenvalue weighted by Gasteiger charge is -2.13. The Morgan fingerprint density at radius 2 is 1.95 bits per heavy atom. The van der Waals surface area contributed by atoms with E-state index in [9.17, 15) is 9.59 Å². The number of carbonyl (C=O) groups excluding carboxylic acids is 1. The highest BCUT2D eigenvalue weighted by molar-refractivity contribution is 7.15. The average molecular weight is 324 g/mol. The first-order valence-corrected chi connectivity index (χ1v) is 8.03. The third-order valence-corrected chi connectivity index (χ3v) is 5.05. The van der Waals surface area contributed by atoms with Gasteiger partial charge in [-0.3, -0.25) is 4.79 Å². The van der Waals surface area contributed by atoms with E-state index >= 15 is 0 Å². The minimum atomic E-state index is -1.02. The molecule has 0 saturated carbocycles. The Morgan fingerprint density at radius 3 is 2.48 bits per heavy atom. The minimum absolute atomic E-state index is 0.00291. The minimum Gasteiger partial charge on any atom is -0.477 e. The van der Waals surface area contributed by atoms with Crippen LogP contribution in [-0.2, 0) is 12.0 Å². The molecule has 1 amide bonds. The van der Waals surface area contributed by atoms with Crippen molar-refractivity contribution in [3.05, 3.63) is 38.0 Å². The predicted molar refractivity (Wildman–Crippen MR) is 83.3 cm³/mol. The van der Waals surface area contributed by atoms with E-state index in [2.05, 4.69) is 31.1 Å². The number of aromatic carboxylic acids is 1. The second-order valence-corrected chi connectivity index (χ2v) is 7.49. The molecule has 2 N–H and O–H groups in total. The van der Waals surface area contributed by atoms with Crippen LogP contribution in [0, 0.1) is 0 Å². The number of hydrogen-bond acceptors (Lipinski definition) is 5. The number of carboxylic acid groups (broad SMARTS) is 1. The fourth-order valence-corrected chi connectivity index (χ4v) is 3.23. The number of nitrogens with zero attached hydrogens (tertiary/aromatic N) is 1. The van der Waals surface area contributed by atoms with Crippen LogP contribution in [0.1, 0.15) is 50.8 Å². The lowest BCUT2D eigenvalue weighted by atomic mass is 9.98. The van der Waals surface area contributed by atoms with Crippen LogP contribution >= 0.6 is 22.7 Å². The molecule has 21 heavy (non-hydrogen) atoms. The quantitative estimate of drug-likeness (QED) is 0.905. The SMILES string of the molecule is CC(C)(C)c1nc(CNC(=O)c2ccc(C(=O)O)s2)cs1. The standard InChI is InChI=1S/C14H16N2O3S2/c1-14(2,3)13-16-8(7-20-13)6-15-11(17)9-4-5-10(21-9)12(18)19/h4-5,7H,6H2,1-3H3,(H,15,17)(H,18,19). The van der Waals surface area contributed by atoms with Crippen LogP contribution in [0.2, 0.25) is 0 Å². The Bertz CT molecular complexity index is 668. The first-order chi connectivity index (χ1) is 9.77. The van der Waals surface area contributed by atoms with Crippen molar-refractivity contribution >= 4 is 34.6 Å². The molecule has 112 valence electrons. The lowest BCUT2D eigenvalue weighted by molar-refractivity contribution is 0.0702. The van der Waals surface area contributed by atoms with Crippen molar-refractivity contribution in [3.63, 3.8) is 0 Å². The Labute approximate surface area is 130 Å². The van der Waals surface area contributed by atoms with Gasteiger partial charge in [0.15, 0.2) is 0 Å². The first kappa shape index (κ1) is 15.7. The normalized spacial score (nSPS) is 11.4. The summed E-state index contributed by atoms with van der Waals surface area (Å²) in [6.45, 7) is 6.61. The molecule has 0 aromatic carbocycles. The van der Waals surface area contributed by atoms with Crippen molar-refractivity contribution in [2.45, 2.75) is 32.7 Å². The van der Waals surface area contributed by atoms with Gasteiger partial charge in [-0.15, -0.1) is 22.7 Å². The highest BCUT2D eigenvalue weighted by atomic mass is 32.1. The maximum atomic E-state index is 11.9. The summed E-state index contributed by atoms with van der Waals surface area (Å²) in [7, 11) is 0. The maximum Gasteiger partial charge on any atom is 0.345 e. The van der Waals surface area contributed by atoms with E-state index in [0.717, 1.165) is 22.0 Å². The van der Waals surface area contributed by atoms with Crippen molar-refractivity contribution in [1.82, 2.24) is 10.3 Å². The molecule has 2 aromatic rings. The zero-order chi connectivity index (χ0) is 15.6. The zero-order valence-corrected chi connectivity index (χ0v) is 13.6. The Hall–Kier alpha value is -1.73. The second kappa shape index (κ2) is 5.95. The van der Waals surface area contributed by atoms with Crippen LogP contribution in [0.15, 0.2) is 17.5 Å². The van der Waals surface area contributed by atoms with Gasteiger partial charge in [0.1, 0.15) is 4.88 Å². The van der Waals surface area contributed by atoms with Gasteiger partial charge in [-0.25, -0.2) is 9.78 Å². The highest BCUT2D eigenvalue weighted by Gasteiger charge is 2.18. The van der Waals surface area contributed by atoms with Crippen LogP contribution in [0.5, 0.6) is 0 Å². The van der Waals surface area contributed by atoms with E-state index in [4.69, 9.17) is 5.11 Å². The Balaban J connectivity index is 1.97. The monoisotopic (exact) mass is 324 g/mol. The molecule has 5 nitrogen and oxygen atoms in total. The fourth-order valence-electron chi connectivity index (χ4n) is 1.57. The third kappa shape index (κ3) is 3.89. The van der Waals surface area contributed by atoms with Crippen LogP contribution in [-0.4, -0.2) is 22.0 Å². The Kier molecular flexibility index (Phi) is 4.43. The van der Waals surface area contributed by atoms with Gasteiger partial charge < -0.3 is 10.4 Å². The van der Waals surface area contributed by atoms with E-state index in [1.54, 1.807) is 11.3 Å². The van der Waals surface area contributed by atoms with E-state index in [0.29, 0.717) is 11.4 Å². The van der Waals surface area contributed by atoms with E-state index in [-0.39, 0.29) is 16.2 Å². The van der Waals surface area contributed by atoms with Gasteiger partial charge >= 0.3 is 5.97 Å². The highest BCUT2D eigenvalue weighted by Crippen LogP contribution is 2.25. The van der Waals surface area contributed by atoms with Gasteiger partial charge in [0.25, 0.3) is 5.91 Å². The van der Waals surface area contributed by atoms with Crippen LogP contribution in [0.4, 0.5) is 0 Å². The molecule has 2 aromatic heterocycles.